The molecule has 0 saturated heterocycles. The van der Waals surface area contributed by atoms with Crippen molar-refractivity contribution < 1.29 is 27.5 Å². The lowest BCUT2D eigenvalue weighted by atomic mass is 9.75. The minimum atomic E-state index is -4.53. The van der Waals surface area contributed by atoms with Gasteiger partial charge in [-0.3, -0.25) is 9.59 Å². The van der Waals surface area contributed by atoms with Gasteiger partial charge < -0.3 is 15.4 Å². The molecular formula is C25H23F3N2O3. The third-order valence-corrected chi connectivity index (χ3v) is 5.92. The molecule has 2 aromatic rings. The van der Waals surface area contributed by atoms with E-state index in [0.29, 0.717) is 35.4 Å². The van der Waals surface area contributed by atoms with E-state index in [2.05, 4.69) is 10.6 Å². The van der Waals surface area contributed by atoms with Crippen LogP contribution in [-0.4, -0.2) is 18.8 Å². The molecular weight excluding hydrogens is 433 g/mol. The Kier molecular flexibility index (Phi) is 6.01. The number of carbonyl (C=O) groups is 2. The van der Waals surface area contributed by atoms with Gasteiger partial charge in [-0.25, -0.2) is 0 Å². The first-order valence-corrected chi connectivity index (χ1v) is 10.6. The lowest BCUT2D eigenvalue weighted by Gasteiger charge is -2.34. The van der Waals surface area contributed by atoms with Crippen molar-refractivity contribution in [3.63, 3.8) is 0 Å². The van der Waals surface area contributed by atoms with Crippen molar-refractivity contribution >= 4 is 17.4 Å². The molecule has 0 saturated carbocycles. The molecule has 0 spiro atoms. The van der Waals surface area contributed by atoms with Crippen LogP contribution in [0.1, 0.15) is 43.2 Å². The largest absolute Gasteiger partial charge is 0.497 e. The maximum absolute atomic E-state index is 13.4. The first kappa shape index (κ1) is 22.6. The summed E-state index contributed by atoms with van der Waals surface area (Å²) in [6.45, 7) is 1.74. The normalized spacial score (nSPS) is 18.6. The van der Waals surface area contributed by atoms with Gasteiger partial charge in [0, 0.05) is 40.6 Å². The van der Waals surface area contributed by atoms with E-state index in [4.69, 9.17) is 4.74 Å². The number of halogens is 3. The second kappa shape index (κ2) is 8.77. The van der Waals surface area contributed by atoms with Crippen LogP contribution in [0, 0.1) is 0 Å². The van der Waals surface area contributed by atoms with Gasteiger partial charge >= 0.3 is 6.18 Å². The van der Waals surface area contributed by atoms with Crippen LogP contribution in [0.25, 0.3) is 0 Å². The number of allylic oxidation sites excluding steroid dienone is 3. The van der Waals surface area contributed by atoms with Crippen molar-refractivity contribution in [2.75, 3.05) is 12.4 Å². The smallest absolute Gasteiger partial charge is 0.416 e. The number of amides is 1. The summed E-state index contributed by atoms with van der Waals surface area (Å²) in [7, 11) is 1.54. The average molecular weight is 456 g/mol. The average Bonchev–Trinajstić information content (AvgIpc) is 2.78. The molecule has 0 fully saturated rings. The van der Waals surface area contributed by atoms with E-state index in [9.17, 15) is 22.8 Å². The molecule has 1 atom stereocenters. The van der Waals surface area contributed by atoms with Gasteiger partial charge in [0.05, 0.1) is 12.7 Å². The Morgan fingerprint density at radius 1 is 1.12 bits per heavy atom. The Balaban J connectivity index is 1.74. The maximum Gasteiger partial charge on any atom is 0.416 e. The van der Waals surface area contributed by atoms with E-state index in [1.54, 1.807) is 38.3 Å². The van der Waals surface area contributed by atoms with Crippen LogP contribution in [0.4, 0.5) is 18.9 Å². The molecule has 1 amide bonds. The molecule has 1 heterocycles. The van der Waals surface area contributed by atoms with Crippen molar-refractivity contribution in [3.05, 3.63) is 82.2 Å². The van der Waals surface area contributed by atoms with E-state index >= 15 is 0 Å². The monoisotopic (exact) mass is 456 g/mol. The van der Waals surface area contributed by atoms with Gasteiger partial charge in [-0.05, 0) is 55.7 Å². The van der Waals surface area contributed by atoms with Crippen LogP contribution < -0.4 is 15.4 Å². The number of anilines is 1. The molecule has 0 aromatic heterocycles. The Morgan fingerprint density at radius 2 is 1.85 bits per heavy atom. The highest BCUT2D eigenvalue weighted by Gasteiger charge is 2.38. The van der Waals surface area contributed by atoms with Gasteiger partial charge in [0.25, 0.3) is 5.91 Å². The van der Waals surface area contributed by atoms with Crippen LogP contribution in [-0.2, 0) is 15.8 Å². The molecule has 33 heavy (non-hydrogen) atoms. The number of carbonyl (C=O) groups excluding carboxylic acids is 2. The molecule has 4 rings (SSSR count). The summed E-state index contributed by atoms with van der Waals surface area (Å²) >= 11 is 0. The van der Waals surface area contributed by atoms with Gasteiger partial charge in [-0.15, -0.1) is 0 Å². The number of ketones is 1. The van der Waals surface area contributed by atoms with Gasteiger partial charge in [0.2, 0.25) is 0 Å². The lowest BCUT2D eigenvalue weighted by Crippen LogP contribution is -2.35. The number of Topliss-reactive ketones (excluding diaryl/α,β-unsaturated/α-hetero) is 1. The summed E-state index contributed by atoms with van der Waals surface area (Å²) in [5.41, 5.74) is 2.09. The van der Waals surface area contributed by atoms with Gasteiger partial charge in [0.1, 0.15) is 5.75 Å². The molecule has 8 heteroatoms. The van der Waals surface area contributed by atoms with Crippen LogP contribution in [0.15, 0.2) is 71.1 Å². The van der Waals surface area contributed by atoms with E-state index in [-0.39, 0.29) is 11.5 Å². The van der Waals surface area contributed by atoms with Crippen molar-refractivity contribution in [1.82, 2.24) is 5.32 Å². The first-order valence-electron chi connectivity index (χ1n) is 10.6. The molecule has 172 valence electrons. The van der Waals surface area contributed by atoms with Crippen LogP contribution in [0.2, 0.25) is 0 Å². The fourth-order valence-electron chi connectivity index (χ4n) is 4.39. The zero-order chi connectivity index (χ0) is 23.8. The van der Waals surface area contributed by atoms with Gasteiger partial charge in [-0.1, -0.05) is 18.2 Å². The fourth-order valence-corrected chi connectivity index (χ4v) is 4.39. The number of nitrogens with one attached hydrogen (secondary N) is 2. The zero-order valence-corrected chi connectivity index (χ0v) is 18.2. The Bertz CT molecular complexity index is 1160. The third-order valence-electron chi connectivity index (χ3n) is 5.92. The zero-order valence-electron chi connectivity index (χ0n) is 18.2. The number of ether oxygens (including phenoxy) is 1. The van der Waals surface area contributed by atoms with Crippen molar-refractivity contribution in [2.24, 2.45) is 0 Å². The molecule has 0 bridgehead atoms. The number of alkyl halides is 3. The topological polar surface area (TPSA) is 67.4 Å². The fraction of sp³-hybridized carbons (Fsp3) is 0.280. The summed E-state index contributed by atoms with van der Waals surface area (Å²) < 4.78 is 44.6. The second-order valence-corrected chi connectivity index (χ2v) is 8.07. The van der Waals surface area contributed by atoms with Crippen molar-refractivity contribution in [3.8, 4) is 5.75 Å². The molecule has 5 nitrogen and oxygen atoms in total. The summed E-state index contributed by atoms with van der Waals surface area (Å²) in [6.07, 6.45) is -2.73. The molecule has 0 radical (unpaired) electrons. The summed E-state index contributed by atoms with van der Waals surface area (Å²) in [4.78, 5) is 26.3. The Hall–Kier alpha value is -3.55. The molecule has 2 aromatic carbocycles. The van der Waals surface area contributed by atoms with E-state index in [1.807, 2.05) is 0 Å². The number of dihydropyridines is 1. The van der Waals surface area contributed by atoms with Crippen LogP contribution >= 0.6 is 0 Å². The molecule has 2 aliphatic rings. The quantitative estimate of drug-likeness (QED) is 0.654. The highest BCUT2D eigenvalue weighted by Crippen LogP contribution is 2.43. The number of rotatable bonds is 4. The number of benzene rings is 2. The molecule has 2 N–H and O–H groups in total. The second-order valence-electron chi connectivity index (χ2n) is 8.07. The highest BCUT2D eigenvalue weighted by molar-refractivity contribution is 6.09. The standard InChI is InChI=1S/C25H23F3N2O3/c1-14-21(24(32)30-17-6-3-5-16(13-17)25(26,27)28)22(15-9-11-18(33-2)12-10-15)23-19(29-14)7-4-8-20(23)31/h3,5-6,9-13,22,29H,4,7-8H2,1-2H3,(H,30,32). The van der Waals surface area contributed by atoms with Crippen LogP contribution in [0.3, 0.4) is 0 Å². The summed E-state index contributed by atoms with van der Waals surface area (Å²) in [5.74, 6) is -0.607. The highest BCUT2D eigenvalue weighted by atomic mass is 19.4. The van der Waals surface area contributed by atoms with Gasteiger partial charge in [-0.2, -0.15) is 13.2 Å². The van der Waals surface area contributed by atoms with Crippen molar-refractivity contribution in [2.45, 2.75) is 38.3 Å². The maximum atomic E-state index is 13.4. The Morgan fingerprint density at radius 3 is 2.52 bits per heavy atom. The Labute approximate surface area is 189 Å². The van der Waals surface area contributed by atoms with E-state index in [1.165, 1.54) is 12.1 Å². The molecule has 1 unspecified atom stereocenters. The SMILES string of the molecule is COc1ccc(C2C(C(=O)Nc3cccc(C(F)(F)F)c3)=C(C)NC3=C2C(=O)CCC3)cc1. The van der Waals surface area contributed by atoms with E-state index in [0.717, 1.165) is 29.8 Å². The van der Waals surface area contributed by atoms with Crippen molar-refractivity contribution in [1.29, 1.82) is 0 Å². The predicted molar refractivity (Wildman–Crippen MR) is 118 cm³/mol. The predicted octanol–water partition coefficient (Wildman–Crippen LogP) is 5.32. The minimum absolute atomic E-state index is 0.0263. The van der Waals surface area contributed by atoms with Gasteiger partial charge in [0.15, 0.2) is 5.78 Å². The minimum Gasteiger partial charge on any atom is -0.497 e. The number of hydrogen-bond donors (Lipinski definition) is 2. The molecule has 1 aliphatic heterocycles. The third kappa shape index (κ3) is 4.51. The molecule has 1 aliphatic carbocycles. The first-order chi connectivity index (χ1) is 15.7. The number of hydrogen-bond acceptors (Lipinski definition) is 4. The lowest BCUT2D eigenvalue weighted by molar-refractivity contribution is -0.137. The summed E-state index contributed by atoms with van der Waals surface area (Å²) in [6, 6.07) is 11.6. The number of methoxy groups -OCH3 is 1. The van der Waals surface area contributed by atoms with E-state index < -0.39 is 23.6 Å². The summed E-state index contributed by atoms with van der Waals surface area (Å²) in [5, 5.41) is 5.79. The van der Waals surface area contributed by atoms with Crippen LogP contribution in [0.5, 0.6) is 5.75 Å².